The summed E-state index contributed by atoms with van der Waals surface area (Å²) in [6.07, 6.45) is 9.10. The molecule has 0 unspecified atom stereocenters. The molecule has 1 saturated carbocycles. The van der Waals surface area contributed by atoms with Crippen LogP contribution in [0.5, 0.6) is 0 Å². The third kappa shape index (κ3) is 3.92. The Bertz CT molecular complexity index is 477. The molecule has 1 aromatic heterocycles. The molecule has 4 heteroatoms. The molecular weight excluding hydrogens is 266 g/mol. The van der Waals surface area contributed by atoms with Crippen LogP contribution < -0.4 is 11.1 Å². The van der Waals surface area contributed by atoms with Crippen molar-refractivity contribution in [1.82, 2.24) is 4.98 Å². The molecular formula is C16H25N3S. The molecule has 0 spiro atoms. The van der Waals surface area contributed by atoms with Gasteiger partial charge in [0.1, 0.15) is 10.8 Å². The predicted molar refractivity (Wildman–Crippen MR) is 89.3 cm³/mol. The Kier molecular flexibility index (Phi) is 5.35. The lowest BCUT2D eigenvalue weighted by atomic mass is 9.96. The van der Waals surface area contributed by atoms with E-state index in [1.54, 1.807) is 0 Å². The highest BCUT2D eigenvalue weighted by atomic mass is 32.1. The second-order valence-electron chi connectivity index (χ2n) is 5.85. The summed E-state index contributed by atoms with van der Waals surface area (Å²) in [5.41, 5.74) is 8.91. The maximum Gasteiger partial charge on any atom is 0.136 e. The van der Waals surface area contributed by atoms with Crippen LogP contribution in [0.1, 0.15) is 61.8 Å². The van der Waals surface area contributed by atoms with E-state index in [2.05, 4.69) is 10.3 Å². The Labute approximate surface area is 127 Å². The minimum Gasteiger partial charge on any atom is -0.389 e. The van der Waals surface area contributed by atoms with Gasteiger partial charge in [0.15, 0.2) is 0 Å². The lowest BCUT2D eigenvalue weighted by Gasteiger charge is -2.23. The van der Waals surface area contributed by atoms with Crippen molar-refractivity contribution in [3.63, 3.8) is 0 Å². The predicted octanol–water partition coefficient (Wildman–Crippen LogP) is 3.86. The number of hydrogen-bond donors (Lipinski definition) is 2. The average Bonchev–Trinajstić information content (AvgIpc) is 2.30. The van der Waals surface area contributed by atoms with E-state index in [-0.39, 0.29) is 0 Å². The lowest BCUT2D eigenvalue weighted by Crippen LogP contribution is -2.25. The Balaban J connectivity index is 2.20. The van der Waals surface area contributed by atoms with E-state index in [9.17, 15) is 0 Å². The Morgan fingerprint density at radius 3 is 2.40 bits per heavy atom. The van der Waals surface area contributed by atoms with Crippen molar-refractivity contribution in [1.29, 1.82) is 0 Å². The molecule has 0 amide bonds. The first-order valence-electron chi connectivity index (χ1n) is 7.62. The zero-order valence-electron chi connectivity index (χ0n) is 12.5. The third-order valence-electron chi connectivity index (χ3n) is 4.04. The number of aromatic nitrogens is 1. The van der Waals surface area contributed by atoms with Gasteiger partial charge in [-0.25, -0.2) is 4.98 Å². The zero-order chi connectivity index (χ0) is 14.5. The van der Waals surface area contributed by atoms with Crippen LogP contribution in [-0.4, -0.2) is 16.0 Å². The molecule has 0 atom stereocenters. The molecule has 2 rings (SSSR count). The molecule has 0 bridgehead atoms. The molecule has 0 aliphatic heterocycles. The van der Waals surface area contributed by atoms with E-state index in [1.165, 1.54) is 44.9 Å². The molecule has 1 fully saturated rings. The number of hydrogen-bond acceptors (Lipinski definition) is 3. The number of nitrogens with two attached hydrogens (primary N) is 1. The summed E-state index contributed by atoms with van der Waals surface area (Å²) in [7, 11) is 0. The summed E-state index contributed by atoms with van der Waals surface area (Å²) in [6, 6.07) is 2.54. The van der Waals surface area contributed by atoms with Gasteiger partial charge in [-0.3, -0.25) is 0 Å². The normalized spacial score (nSPS) is 17.3. The highest BCUT2D eigenvalue weighted by Gasteiger charge is 2.16. The highest BCUT2D eigenvalue weighted by molar-refractivity contribution is 7.80. The van der Waals surface area contributed by atoms with E-state index in [1.807, 2.05) is 19.9 Å². The van der Waals surface area contributed by atoms with Crippen LogP contribution >= 0.6 is 12.2 Å². The van der Waals surface area contributed by atoms with E-state index in [0.717, 1.165) is 22.6 Å². The summed E-state index contributed by atoms with van der Waals surface area (Å²) in [6.45, 7) is 4.06. The maximum atomic E-state index is 5.88. The van der Waals surface area contributed by atoms with E-state index >= 15 is 0 Å². The van der Waals surface area contributed by atoms with Gasteiger partial charge in [0.05, 0.1) is 5.56 Å². The van der Waals surface area contributed by atoms with E-state index in [4.69, 9.17) is 18.0 Å². The summed E-state index contributed by atoms with van der Waals surface area (Å²) >= 11 is 5.19. The van der Waals surface area contributed by atoms with E-state index < -0.39 is 0 Å². The van der Waals surface area contributed by atoms with Gasteiger partial charge in [-0.2, -0.15) is 0 Å². The fourth-order valence-electron chi connectivity index (χ4n) is 3.05. The average molecular weight is 291 g/mol. The molecule has 3 N–H and O–H groups in total. The summed E-state index contributed by atoms with van der Waals surface area (Å²) in [5.74, 6) is 0.876. The SMILES string of the molecule is Cc1cc(C)c(C(N)=S)c(NC2CCCCCCC2)n1. The first kappa shape index (κ1) is 15.2. The maximum absolute atomic E-state index is 5.88. The Morgan fingerprint density at radius 1 is 1.20 bits per heavy atom. The molecule has 1 heterocycles. The van der Waals surface area contributed by atoms with Crippen molar-refractivity contribution >= 4 is 23.0 Å². The van der Waals surface area contributed by atoms with Crippen LogP contribution in [0.2, 0.25) is 0 Å². The number of thiocarbonyl (C=S) groups is 1. The van der Waals surface area contributed by atoms with Crippen molar-refractivity contribution < 1.29 is 0 Å². The third-order valence-corrected chi connectivity index (χ3v) is 4.24. The quantitative estimate of drug-likeness (QED) is 0.830. The van der Waals surface area contributed by atoms with E-state index in [0.29, 0.717) is 11.0 Å². The molecule has 0 saturated heterocycles. The number of rotatable bonds is 3. The van der Waals surface area contributed by atoms with Crippen LogP contribution in [-0.2, 0) is 0 Å². The number of nitrogens with one attached hydrogen (secondary N) is 1. The molecule has 0 aromatic carbocycles. The first-order chi connectivity index (χ1) is 9.58. The van der Waals surface area contributed by atoms with Gasteiger partial charge in [0.2, 0.25) is 0 Å². The van der Waals surface area contributed by atoms with Crippen molar-refractivity contribution in [3.8, 4) is 0 Å². The van der Waals surface area contributed by atoms with Crippen molar-refractivity contribution in [2.24, 2.45) is 5.73 Å². The lowest BCUT2D eigenvalue weighted by molar-refractivity contribution is 0.470. The molecule has 1 aliphatic carbocycles. The van der Waals surface area contributed by atoms with Crippen LogP contribution in [0.15, 0.2) is 6.07 Å². The monoisotopic (exact) mass is 291 g/mol. The number of aryl methyl sites for hydroxylation is 2. The van der Waals surface area contributed by atoms with Gasteiger partial charge < -0.3 is 11.1 Å². The van der Waals surface area contributed by atoms with Gasteiger partial charge in [0, 0.05) is 11.7 Å². The number of pyridine rings is 1. The van der Waals surface area contributed by atoms with Crippen LogP contribution in [0.25, 0.3) is 0 Å². The summed E-state index contributed by atoms with van der Waals surface area (Å²) in [4.78, 5) is 5.06. The van der Waals surface area contributed by atoms with Crippen LogP contribution in [0.3, 0.4) is 0 Å². The number of anilines is 1. The molecule has 110 valence electrons. The van der Waals surface area contributed by atoms with Crippen LogP contribution in [0.4, 0.5) is 5.82 Å². The van der Waals surface area contributed by atoms with Gasteiger partial charge in [-0.1, -0.05) is 44.3 Å². The largest absolute Gasteiger partial charge is 0.389 e. The highest BCUT2D eigenvalue weighted by Crippen LogP contribution is 2.24. The Morgan fingerprint density at radius 2 is 1.80 bits per heavy atom. The first-order valence-corrected chi connectivity index (χ1v) is 8.03. The second-order valence-corrected chi connectivity index (χ2v) is 6.29. The van der Waals surface area contributed by atoms with Crippen LogP contribution in [0, 0.1) is 13.8 Å². The zero-order valence-corrected chi connectivity index (χ0v) is 13.4. The topological polar surface area (TPSA) is 50.9 Å². The van der Waals surface area contributed by atoms with Crippen molar-refractivity contribution in [2.75, 3.05) is 5.32 Å². The fourth-order valence-corrected chi connectivity index (χ4v) is 3.30. The second kappa shape index (κ2) is 7.02. The molecule has 1 aromatic rings. The van der Waals surface area contributed by atoms with Crippen molar-refractivity contribution in [2.45, 2.75) is 64.8 Å². The Hall–Kier alpha value is -1.16. The number of nitrogens with zero attached hydrogens (tertiary/aromatic N) is 1. The summed E-state index contributed by atoms with van der Waals surface area (Å²) in [5, 5.41) is 3.60. The smallest absolute Gasteiger partial charge is 0.136 e. The summed E-state index contributed by atoms with van der Waals surface area (Å²) < 4.78 is 0. The molecule has 0 radical (unpaired) electrons. The van der Waals surface area contributed by atoms with Crippen molar-refractivity contribution in [3.05, 3.63) is 22.9 Å². The van der Waals surface area contributed by atoms with Gasteiger partial charge in [-0.15, -0.1) is 0 Å². The minimum absolute atomic E-state index is 0.434. The molecule has 3 nitrogen and oxygen atoms in total. The standard InChI is InChI=1S/C16H25N3S/c1-11-10-12(2)18-16(14(11)15(17)20)19-13-8-6-4-3-5-7-9-13/h10,13H,3-9H2,1-2H3,(H2,17,20)(H,18,19). The van der Waals surface area contributed by atoms with Gasteiger partial charge in [0.25, 0.3) is 0 Å². The minimum atomic E-state index is 0.434. The molecule has 1 aliphatic rings. The molecule has 20 heavy (non-hydrogen) atoms. The van der Waals surface area contributed by atoms with Gasteiger partial charge >= 0.3 is 0 Å². The van der Waals surface area contributed by atoms with Gasteiger partial charge in [-0.05, 0) is 38.3 Å². The fraction of sp³-hybridized carbons (Fsp3) is 0.625.